The van der Waals surface area contributed by atoms with Gasteiger partial charge in [0.25, 0.3) is 0 Å². The van der Waals surface area contributed by atoms with Gasteiger partial charge in [0, 0.05) is 30.4 Å². The fourth-order valence-electron chi connectivity index (χ4n) is 2.61. The third-order valence-electron chi connectivity index (χ3n) is 3.49. The summed E-state index contributed by atoms with van der Waals surface area (Å²) in [5, 5.41) is 8.14. The van der Waals surface area contributed by atoms with Gasteiger partial charge in [-0.25, -0.2) is 0 Å². The van der Waals surface area contributed by atoms with E-state index >= 15 is 0 Å². The van der Waals surface area contributed by atoms with Crippen LogP contribution in [0.2, 0.25) is 0 Å². The highest BCUT2D eigenvalue weighted by Crippen LogP contribution is 2.23. The van der Waals surface area contributed by atoms with Gasteiger partial charge in [-0.05, 0) is 33.6 Å². The van der Waals surface area contributed by atoms with Crippen LogP contribution in [0.5, 0.6) is 0 Å². The van der Waals surface area contributed by atoms with Crippen LogP contribution in [-0.4, -0.2) is 15.8 Å². The number of aromatic nitrogens is 2. The lowest BCUT2D eigenvalue weighted by molar-refractivity contribution is 0.468. The molecule has 0 saturated carbocycles. The van der Waals surface area contributed by atoms with Crippen molar-refractivity contribution < 1.29 is 0 Å². The quantitative estimate of drug-likeness (QED) is 0.791. The van der Waals surface area contributed by atoms with E-state index in [9.17, 15) is 0 Å². The maximum atomic E-state index is 4.47. The van der Waals surface area contributed by atoms with Crippen molar-refractivity contribution in [1.29, 1.82) is 0 Å². The molecular formula is C13H21N3. The molecule has 1 aromatic rings. The first-order valence-electron chi connectivity index (χ1n) is 6.00. The van der Waals surface area contributed by atoms with E-state index in [1.807, 2.05) is 11.7 Å². The lowest BCUT2D eigenvalue weighted by Gasteiger charge is -2.19. The zero-order valence-electron chi connectivity index (χ0n) is 10.6. The Bertz CT molecular complexity index is 396. The van der Waals surface area contributed by atoms with Gasteiger partial charge in [0.2, 0.25) is 0 Å². The van der Waals surface area contributed by atoms with Gasteiger partial charge >= 0.3 is 0 Å². The summed E-state index contributed by atoms with van der Waals surface area (Å²) >= 11 is 0. The number of aryl methyl sites for hydroxylation is 2. The van der Waals surface area contributed by atoms with Crippen molar-refractivity contribution in [3.05, 3.63) is 29.1 Å². The predicted molar refractivity (Wildman–Crippen MR) is 66.4 cm³/mol. The van der Waals surface area contributed by atoms with Gasteiger partial charge < -0.3 is 5.32 Å². The van der Waals surface area contributed by atoms with E-state index in [0.717, 1.165) is 18.5 Å². The number of hydrogen-bond donors (Lipinski definition) is 1. The molecule has 2 rings (SSSR count). The molecule has 0 radical (unpaired) electrons. The van der Waals surface area contributed by atoms with Crippen molar-refractivity contribution >= 4 is 0 Å². The van der Waals surface area contributed by atoms with E-state index in [2.05, 4.69) is 43.3 Å². The van der Waals surface area contributed by atoms with E-state index < -0.39 is 0 Å². The van der Waals surface area contributed by atoms with Crippen molar-refractivity contribution in [1.82, 2.24) is 15.1 Å². The van der Waals surface area contributed by atoms with Crippen LogP contribution < -0.4 is 5.32 Å². The van der Waals surface area contributed by atoms with Gasteiger partial charge in [-0.15, -0.1) is 0 Å². The van der Waals surface area contributed by atoms with E-state index in [0.29, 0.717) is 12.1 Å². The third-order valence-corrected chi connectivity index (χ3v) is 3.49. The summed E-state index contributed by atoms with van der Waals surface area (Å²) in [6, 6.07) is 0.993. The van der Waals surface area contributed by atoms with Gasteiger partial charge in [-0.3, -0.25) is 4.68 Å². The summed E-state index contributed by atoms with van der Waals surface area (Å²) in [6.45, 7) is 6.46. The Kier molecular flexibility index (Phi) is 3.15. The lowest BCUT2D eigenvalue weighted by Crippen LogP contribution is -2.29. The molecule has 1 N–H and O–H groups in total. The standard InChI is InChI=1S/C13H21N3/c1-9(14-12-7-5-6-8-12)13-10(2)15-16(4)11(13)3/h5-6,9,12,14H,7-8H2,1-4H3. The van der Waals surface area contributed by atoms with Gasteiger partial charge in [0.05, 0.1) is 5.69 Å². The first kappa shape index (κ1) is 11.4. The largest absolute Gasteiger partial charge is 0.307 e. The summed E-state index contributed by atoms with van der Waals surface area (Å²) in [4.78, 5) is 0. The Labute approximate surface area is 97.5 Å². The average Bonchev–Trinajstić information content (AvgIpc) is 2.77. The van der Waals surface area contributed by atoms with Crippen LogP contribution in [0.4, 0.5) is 0 Å². The normalized spacial score (nSPS) is 18.2. The Morgan fingerprint density at radius 2 is 2.00 bits per heavy atom. The molecule has 1 aromatic heterocycles. The summed E-state index contributed by atoms with van der Waals surface area (Å²) in [5.41, 5.74) is 3.77. The van der Waals surface area contributed by atoms with Gasteiger partial charge in [-0.2, -0.15) is 5.10 Å². The van der Waals surface area contributed by atoms with Crippen molar-refractivity contribution in [3.8, 4) is 0 Å². The van der Waals surface area contributed by atoms with Crippen molar-refractivity contribution in [2.24, 2.45) is 7.05 Å². The highest BCUT2D eigenvalue weighted by molar-refractivity contribution is 5.27. The second-order valence-electron chi connectivity index (χ2n) is 4.74. The molecule has 0 amide bonds. The zero-order valence-corrected chi connectivity index (χ0v) is 10.6. The first-order valence-corrected chi connectivity index (χ1v) is 6.00. The van der Waals surface area contributed by atoms with E-state index in [1.54, 1.807) is 0 Å². The molecule has 88 valence electrons. The van der Waals surface area contributed by atoms with Crippen LogP contribution in [-0.2, 0) is 7.05 Å². The van der Waals surface area contributed by atoms with Crippen LogP contribution in [0.1, 0.15) is 42.8 Å². The van der Waals surface area contributed by atoms with Crippen molar-refractivity contribution in [2.45, 2.75) is 45.7 Å². The molecule has 16 heavy (non-hydrogen) atoms. The average molecular weight is 219 g/mol. The SMILES string of the molecule is Cc1nn(C)c(C)c1C(C)NC1CC=CC1. The fraction of sp³-hybridized carbons (Fsp3) is 0.615. The minimum absolute atomic E-state index is 0.388. The molecule has 1 heterocycles. The number of nitrogens with one attached hydrogen (secondary N) is 1. The fourth-order valence-corrected chi connectivity index (χ4v) is 2.61. The van der Waals surface area contributed by atoms with E-state index in [4.69, 9.17) is 0 Å². The van der Waals surface area contributed by atoms with Gasteiger partial charge in [0.15, 0.2) is 0 Å². The molecule has 0 fully saturated rings. The summed E-state index contributed by atoms with van der Waals surface area (Å²) in [6.07, 6.45) is 6.83. The van der Waals surface area contributed by atoms with Crippen LogP contribution in [0.3, 0.4) is 0 Å². The second-order valence-corrected chi connectivity index (χ2v) is 4.74. The van der Waals surface area contributed by atoms with Crippen molar-refractivity contribution in [3.63, 3.8) is 0 Å². The molecule has 3 heteroatoms. The van der Waals surface area contributed by atoms with E-state index in [1.165, 1.54) is 11.3 Å². The zero-order chi connectivity index (χ0) is 11.7. The molecule has 3 nitrogen and oxygen atoms in total. The molecule has 0 aliphatic heterocycles. The Morgan fingerprint density at radius 3 is 2.50 bits per heavy atom. The maximum Gasteiger partial charge on any atom is 0.0644 e. The Balaban J connectivity index is 2.10. The molecule has 1 aliphatic rings. The first-order chi connectivity index (χ1) is 7.59. The van der Waals surface area contributed by atoms with E-state index in [-0.39, 0.29) is 0 Å². The third kappa shape index (κ3) is 2.05. The van der Waals surface area contributed by atoms with Crippen molar-refractivity contribution in [2.75, 3.05) is 0 Å². The molecule has 0 saturated heterocycles. The summed E-state index contributed by atoms with van der Waals surface area (Å²) in [7, 11) is 2.01. The van der Waals surface area contributed by atoms with Gasteiger partial charge in [0.1, 0.15) is 0 Å². The molecule has 0 bridgehead atoms. The molecule has 0 aromatic carbocycles. The minimum Gasteiger partial charge on any atom is -0.307 e. The topological polar surface area (TPSA) is 29.9 Å². The highest BCUT2D eigenvalue weighted by atomic mass is 15.3. The number of nitrogens with zero attached hydrogens (tertiary/aromatic N) is 2. The molecule has 1 atom stereocenters. The number of hydrogen-bond acceptors (Lipinski definition) is 2. The molecule has 1 aliphatic carbocycles. The van der Waals surface area contributed by atoms with Crippen LogP contribution in [0.15, 0.2) is 12.2 Å². The predicted octanol–water partition coefficient (Wildman–Crippen LogP) is 2.41. The summed E-state index contributed by atoms with van der Waals surface area (Å²) < 4.78 is 1.97. The minimum atomic E-state index is 0.388. The van der Waals surface area contributed by atoms with Crippen LogP contribution in [0.25, 0.3) is 0 Å². The molecular weight excluding hydrogens is 198 g/mol. The molecule has 1 unspecified atom stereocenters. The second kappa shape index (κ2) is 4.42. The maximum absolute atomic E-state index is 4.47. The van der Waals surface area contributed by atoms with Gasteiger partial charge in [-0.1, -0.05) is 12.2 Å². The summed E-state index contributed by atoms with van der Waals surface area (Å²) in [5.74, 6) is 0. The highest BCUT2D eigenvalue weighted by Gasteiger charge is 2.19. The monoisotopic (exact) mass is 219 g/mol. The Hall–Kier alpha value is -1.09. The molecule has 0 spiro atoms. The van der Waals surface area contributed by atoms with Crippen LogP contribution >= 0.6 is 0 Å². The number of rotatable bonds is 3. The smallest absolute Gasteiger partial charge is 0.0644 e. The van der Waals surface area contributed by atoms with Crippen LogP contribution in [0, 0.1) is 13.8 Å². The lowest BCUT2D eigenvalue weighted by atomic mass is 10.0. The Morgan fingerprint density at radius 1 is 1.38 bits per heavy atom.